The number of nitrogens with zero attached hydrogens (tertiary/aromatic N) is 2. The molecule has 1 unspecified atom stereocenters. The summed E-state index contributed by atoms with van der Waals surface area (Å²) in [6.07, 6.45) is 1.55. The van der Waals surface area contributed by atoms with Gasteiger partial charge in [-0.05, 0) is 31.9 Å². The second kappa shape index (κ2) is 4.05. The van der Waals surface area contributed by atoms with Crippen LogP contribution in [-0.2, 0) is 10.0 Å². The van der Waals surface area contributed by atoms with Crippen LogP contribution in [0.5, 0.6) is 0 Å². The molecule has 1 N–H and O–H groups in total. The number of benzene rings is 1. The lowest BCUT2D eigenvalue weighted by molar-refractivity contribution is 0.00592. The molecule has 3 rings (SSSR count). The molecular weight excluding hydrogens is 264 g/mol. The number of sulfonamides is 1. The van der Waals surface area contributed by atoms with Gasteiger partial charge in [0.05, 0.1) is 5.60 Å². The largest absolute Gasteiger partial charge is 0.388 e. The number of hydrogen-bond donors (Lipinski definition) is 1. The van der Waals surface area contributed by atoms with E-state index in [1.807, 2.05) is 4.90 Å². The van der Waals surface area contributed by atoms with Crippen LogP contribution in [0.1, 0.15) is 25.3 Å². The smallest absolute Gasteiger partial charge is 0.285 e. The first-order chi connectivity index (χ1) is 8.89. The van der Waals surface area contributed by atoms with Crippen molar-refractivity contribution in [1.29, 1.82) is 0 Å². The van der Waals surface area contributed by atoms with Crippen molar-refractivity contribution in [2.45, 2.75) is 30.3 Å². The topological polar surface area (TPSA) is 70.0 Å². The summed E-state index contributed by atoms with van der Waals surface area (Å²) in [5.41, 5.74) is -0.151. The van der Waals surface area contributed by atoms with E-state index in [0.29, 0.717) is 17.9 Å². The van der Waals surface area contributed by atoms with Crippen molar-refractivity contribution < 1.29 is 13.5 Å². The normalized spacial score (nSPS) is 28.9. The quantitative estimate of drug-likeness (QED) is 0.769. The van der Waals surface area contributed by atoms with Gasteiger partial charge in [-0.25, -0.2) is 0 Å². The number of piperidine rings is 1. The van der Waals surface area contributed by atoms with E-state index in [0.717, 1.165) is 19.4 Å². The van der Waals surface area contributed by atoms with E-state index < -0.39 is 15.6 Å². The lowest BCUT2D eigenvalue weighted by atomic mass is 9.94. The number of β-amino-alcohol motifs (C(OH)–C–C–N with tert-alkyl or cyclic N) is 1. The summed E-state index contributed by atoms with van der Waals surface area (Å²) >= 11 is 0. The Bertz CT molecular complexity index is 650. The summed E-state index contributed by atoms with van der Waals surface area (Å²) in [4.78, 5) is 2.13. The van der Waals surface area contributed by atoms with Gasteiger partial charge in [-0.15, -0.1) is 4.40 Å². The number of rotatable bonds is 0. The minimum Gasteiger partial charge on any atom is -0.388 e. The Morgan fingerprint density at radius 3 is 2.84 bits per heavy atom. The highest BCUT2D eigenvalue weighted by Gasteiger charge is 2.36. The first kappa shape index (κ1) is 12.6. The van der Waals surface area contributed by atoms with E-state index in [9.17, 15) is 13.5 Å². The Hall–Kier alpha value is -1.40. The fourth-order valence-corrected chi connectivity index (χ4v) is 3.95. The van der Waals surface area contributed by atoms with E-state index in [2.05, 4.69) is 4.40 Å². The molecule has 2 heterocycles. The predicted molar refractivity (Wildman–Crippen MR) is 71.6 cm³/mol. The number of amidine groups is 1. The Balaban J connectivity index is 2.03. The van der Waals surface area contributed by atoms with Gasteiger partial charge in [0, 0.05) is 18.7 Å². The molecule has 1 aromatic carbocycles. The molecule has 0 aliphatic carbocycles. The standard InChI is InChI=1S/C13H16N2O3S/c1-13(16)7-4-8-15(9-13)12-10-5-2-3-6-11(10)19(17,18)14-12/h2-3,5-6,16H,4,7-9H2,1H3. The maximum absolute atomic E-state index is 12.0. The van der Waals surface area contributed by atoms with Crippen molar-refractivity contribution in [3.8, 4) is 0 Å². The van der Waals surface area contributed by atoms with E-state index in [4.69, 9.17) is 0 Å². The molecule has 2 aliphatic heterocycles. The summed E-state index contributed by atoms with van der Waals surface area (Å²) in [6, 6.07) is 6.84. The monoisotopic (exact) mass is 280 g/mol. The van der Waals surface area contributed by atoms with Crippen molar-refractivity contribution in [2.75, 3.05) is 13.1 Å². The van der Waals surface area contributed by atoms with Gasteiger partial charge in [-0.2, -0.15) is 8.42 Å². The molecule has 6 heteroatoms. The molecule has 19 heavy (non-hydrogen) atoms. The Morgan fingerprint density at radius 2 is 2.11 bits per heavy atom. The van der Waals surface area contributed by atoms with Crippen molar-refractivity contribution in [2.24, 2.45) is 4.40 Å². The lowest BCUT2D eigenvalue weighted by Crippen LogP contribution is -2.48. The summed E-state index contributed by atoms with van der Waals surface area (Å²) in [5, 5.41) is 10.1. The zero-order valence-electron chi connectivity index (χ0n) is 10.7. The highest BCUT2D eigenvalue weighted by molar-refractivity contribution is 7.90. The zero-order valence-corrected chi connectivity index (χ0v) is 11.5. The highest BCUT2D eigenvalue weighted by atomic mass is 32.2. The van der Waals surface area contributed by atoms with Crippen LogP contribution >= 0.6 is 0 Å². The lowest BCUT2D eigenvalue weighted by Gasteiger charge is -2.37. The molecule has 2 aliphatic rings. The second-order valence-electron chi connectivity index (χ2n) is 5.41. The second-order valence-corrected chi connectivity index (χ2v) is 6.98. The fraction of sp³-hybridized carbons (Fsp3) is 0.462. The fourth-order valence-electron chi connectivity index (χ4n) is 2.72. The third-order valence-corrected chi connectivity index (χ3v) is 4.91. The van der Waals surface area contributed by atoms with Gasteiger partial charge in [-0.1, -0.05) is 12.1 Å². The average molecular weight is 280 g/mol. The molecule has 0 saturated carbocycles. The van der Waals surface area contributed by atoms with Crippen LogP contribution in [0.4, 0.5) is 0 Å². The summed E-state index contributed by atoms with van der Waals surface area (Å²) in [6.45, 7) is 2.91. The molecule has 1 atom stereocenters. The van der Waals surface area contributed by atoms with Crippen LogP contribution < -0.4 is 0 Å². The summed E-state index contributed by atoms with van der Waals surface area (Å²) < 4.78 is 27.9. The molecule has 1 fully saturated rings. The van der Waals surface area contributed by atoms with Crippen molar-refractivity contribution in [1.82, 2.24) is 4.90 Å². The van der Waals surface area contributed by atoms with E-state index in [1.54, 1.807) is 31.2 Å². The van der Waals surface area contributed by atoms with E-state index >= 15 is 0 Å². The molecule has 1 aromatic rings. The van der Waals surface area contributed by atoms with Gasteiger partial charge in [0.1, 0.15) is 4.90 Å². The number of likely N-dealkylation sites (tertiary alicyclic amines) is 1. The van der Waals surface area contributed by atoms with E-state index in [-0.39, 0.29) is 4.90 Å². The summed E-state index contributed by atoms with van der Waals surface area (Å²) in [5.74, 6) is 0.468. The molecular formula is C13H16N2O3S. The molecule has 0 aromatic heterocycles. The Morgan fingerprint density at radius 1 is 1.37 bits per heavy atom. The maximum Gasteiger partial charge on any atom is 0.285 e. The van der Waals surface area contributed by atoms with Crippen LogP contribution in [0.15, 0.2) is 33.6 Å². The maximum atomic E-state index is 12.0. The van der Waals surface area contributed by atoms with Crippen LogP contribution in [0.25, 0.3) is 0 Å². The van der Waals surface area contributed by atoms with Crippen LogP contribution in [0.3, 0.4) is 0 Å². The third kappa shape index (κ3) is 2.15. The predicted octanol–water partition coefficient (Wildman–Crippen LogP) is 0.982. The Kier molecular flexibility index (Phi) is 2.69. The minimum atomic E-state index is -3.58. The van der Waals surface area contributed by atoms with Gasteiger partial charge >= 0.3 is 0 Å². The van der Waals surface area contributed by atoms with Crippen LogP contribution in [0.2, 0.25) is 0 Å². The van der Waals surface area contributed by atoms with E-state index in [1.165, 1.54) is 0 Å². The van der Waals surface area contributed by atoms with Gasteiger partial charge < -0.3 is 10.0 Å². The SMILES string of the molecule is CC1(O)CCCN(C2=NS(=O)(=O)c3ccccc32)C1. The molecule has 0 amide bonds. The van der Waals surface area contributed by atoms with Gasteiger partial charge in [0.15, 0.2) is 5.84 Å². The zero-order chi connectivity index (χ0) is 13.7. The van der Waals surface area contributed by atoms with Crippen molar-refractivity contribution >= 4 is 15.9 Å². The molecule has 5 nitrogen and oxygen atoms in total. The van der Waals surface area contributed by atoms with Gasteiger partial charge in [0.25, 0.3) is 10.0 Å². The first-order valence-electron chi connectivity index (χ1n) is 6.31. The Labute approximate surface area is 112 Å². The molecule has 0 bridgehead atoms. The first-order valence-corrected chi connectivity index (χ1v) is 7.75. The average Bonchev–Trinajstić information content (AvgIpc) is 2.61. The number of fused-ring (bicyclic) bond motifs is 1. The van der Waals surface area contributed by atoms with Gasteiger partial charge in [0.2, 0.25) is 0 Å². The number of aliphatic hydroxyl groups is 1. The van der Waals surface area contributed by atoms with Gasteiger partial charge in [-0.3, -0.25) is 0 Å². The molecule has 0 spiro atoms. The molecule has 0 radical (unpaired) electrons. The summed E-state index contributed by atoms with van der Waals surface area (Å²) in [7, 11) is -3.58. The highest BCUT2D eigenvalue weighted by Crippen LogP contribution is 2.30. The number of hydrogen-bond acceptors (Lipinski definition) is 4. The van der Waals surface area contributed by atoms with Crippen LogP contribution in [0, 0.1) is 0 Å². The van der Waals surface area contributed by atoms with Crippen LogP contribution in [-0.4, -0.2) is 43.0 Å². The minimum absolute atomic E-state index is 0.259. The van der Waals surface area contributed by atoms with Crippen molar-refractivity contribution in [3.05, 3.63) is 29.8 Å². The molecule has 1 saturated heterocycles. The van der Waals surface area contributed by atoms with Crippen molar-refractivity contribution in [3.63, 3.8) is 0 Å². The molecule has 102 valence electrons. The third-order valence-electron chi connectivity index (χ3n) is 3.59.